The molecule has 2 unspecified atom stereocenters. The largest absolute Gasteiger partial charge is 0.489 e. The highest BCUT2D eigenvalue weighted by Crippen LogP contribution is 2.15. The van der Waals surface area contributed by atoms with Crippen molar-refractivity contribution >= 4 is 5.96 Å². The van der Waals surface area contributed by atoms with Crippen LogP contribution in [0.15, 0.2) is 29.3 Å². The standard InChI is InChI=1S/C21H32N6O/c1-5-19-25-20-11-10-17(14-27(20)26-19)24-21(22-6-2)23-13-16(4)28-18-9-7-8-15(3)12-18/h7-9,12,16-17H,5-6,10-11,13-14H2,1-4H3,(H2,22,23,24). The number of nitrogens with one attached hydrogen (secondary N) is 2. The highest BCUT2D eigenvalue weighted by Gasteiger charge is 2.22. The number of hydrogen-bond acceptors (Lipinski definition) is 4. The van der Waals surface area contributed by atoms with Crippen LogP contribution in [0.25, 0.3) is 0 Å². The molecule has 2 atom stereocenters. The van der Waals surface area contributed by atoms with Gasteiger partial charge in [0.1, 0.15) is 17.7 Å². The van der Waals surface area contributed by atoms with Crippen LogP contribution in [0.1, 0.15) is 44.4 Å². The van der Waals surface area contributed by atoms with Crippen LogP contribution < -0.4 is 15.4 Å². The number of ether oxygens (including phenoxy) is 1. The summed E-state index contributed by atoms with van der Waals surface area (Å²) < 4.78 is 8.03. The summed E-state index contributed by atoms with van der Waals surface area (Å²) in [6, 6.07) is 8.41. The molecule has 2 heterocycles. The van der Waals surface area contributed by atoms with Gasteiger partial charge in [-0.3, -0.25) is 0 Å². The smallest absolute Gasteiger partial charge is 0.191 e. The molecule has 7 heteroatoms. The monoisotopic (exact) mass is 384 g/mol. The lowest BCUT2D eigenvalue weighted by molar-refractivity contribution is 0.230. The zero-order valence-corrected chi connectivity index (χ0v) is 17.4. The van der Waals surface area contributed by atoms with E-state index in [1.165, 1.54) is 5.56 Å². The van der Waals surface area contributed by atoms with E-state index in [0.717, 1.165) is 55.7 Å². The molecule has 2 N–H and O–H groups in total. The van der Waals surface area contributed by atoms with Gasteiger partial charge in [-0.2, -0.15) is 5.10 Å². The van der Waals surface area contributed by atoms with Gasteiger partial charge in [-0.25, -0.2) is 14.7 Å². The summed E-state index contributed by atoms with van der Waals surface area (Å²) in [5, 5.41) is 11.5. The molecule has 0 radical (unpaired) electrons. The topological polar surface area (TPSA) is 76.4 Å². The van der Waals surface area contributed by atoms with Crippen molar-refractivity contribution in [1.29, 1.82) is 0 Å². The minimum absolute atomic E-state index is 0.00218. The van der Waals surface area contributed by atoms with Crippen molar-refractivity contribution in [2.75, 3.05) is 13.1 Å². The van der Waals surface area contributed by atoms with Crippen molar-refractivity contribution in [3.05, 3.63) is 41.5 Å². The van der Waals surface area contributed by atoms with E-state index >= 15 is 0 Å². The first-order chi connectivity index (χ1) is 13.6. The fourth-order valence-electron chi connectivity index (χ4n) is 3.32. The first-order valence-electron chi connectivity index (χ1n) is 10.3. The molecule has 0 saturated heterocycles. The molecule has 0 spiro atoms. The van der Waals surface area contributed by atoms with Crippen LogP contribution >= 0.6 is 0 Å². The summed E-state index contributed by atoms with van der Waals surface area (Å²) in [7, 11) is 0. The molecule has 1 aromatic heterocycles. The van der Waals surface area contributed by atoms with Gasteiger partial charge < -0.3 is 15.4 Å². The highest BCUT2D eigenvalue weighted by atomic mass is 16.5. The molecule has 7 nitrogen and oxygen atoms in total. The second-order valence-corrected chi connectivity index (χ2v) is 7.32. The maximum Gasteiger partial charge on any atom is 0.191 e. The molecule has 1 aliphatic heterocycles. The molecular formula is C21H32N6O. The summed E-state index contributed by atoms with van der Waals surface area (Å²) in [4.78, 5) is 9.31. The highest BCUT2D eigenvalue weighted by molar-refractivity contribution is 5.80. The molecule has 0 amide bonds. The van der Waals surface area contributed by atoms with Crippen LogP contribution in [0.2, 0.25) is 0 Å². The fourth-order valence-corrected chi connectivity index (χ4v) is 3.32. The van der Waals surface area contributed by atoms with Crippen LogP contribution in [0.4, 0.5) is 0 Å². The normalized spacial score (nSPS) is 17.7. The first kappa shape index (κ1) is 20.2. The molecule has 152 valence electrons. The Morgan fingerprint density at radius 2 is 2.25 bits per heavy atom. The average Bonchev–Trinajstić information content (AvgIpc) is 3.09. The van der Waals surface area contributed by atoms with Gasteiger partial charge in [0.05, 0.1) is 13.1 Å². The van der Waals surface area contributed by atoms with Crippen molar-refractivity contribution in [3.8, 4) is 5.75 Å². The summed E-state index contributed by atoms with van der Waals surface area (Å²) in [5.74, 6) is 3.74. The SMILES string of the molecule is CCNC(=NCC(C)Oc1cccc(C)c1)NC1CCc2nc(CC)nn2C1. The first-order valence-corrected chi connectivity index (χ1v) is 10.3. The zero-order valence-electron chi connectivity index (χ0n) is 17.4. The maximum absolute atomic E-state index is 5.99. The van der Waals surface area contributed by atoms with Gasteiger partial charge in [-0.05, 0) is 44.9 Å². The second kappa shape index (κ2) is 9.57. The minimum atomic E-state index is -0.00218. The number of nitrogens with zero attached hydrogens (tertiary/aromatic N) is 4. The van der Waals surface area contributed by atoms with Crippen LogP contribution in [0.3, 0.4) is 0 Å². The Balaban J connectivity index is 1.56. The van der Waals surface area contributed by atoms with Crippen LogP contribution in [0.5, 0.6) is 5.75 Å². The fraction of sp³-hybridized carbons (Fsp3) is 0.571. The maximum atomic E-state index is 5.99. The quantitative estimate of drug-likeness (QED) is 0.567. The van der Waals surface area contributed by atoms with Gasteiger partial charge >= 0.3 is 0 Å². The second-order valence-electron chi connectivity index (χ2n) is 7.32. The van der Waals surface area contributed by atoms with E-state index in [-0.39, 0.29) is 6.10 Å². The lowest BCUT2D eigenvalue weighted by atomic mass is 10.1. The van der Waals surface area contributed by atoms with Gasteiger partial charge in [-0.1, -0.05) is 19.1 Å². The Morgan fingerprint density at radius 3 is 3.00 bits per heavy atom. The Hall–Kier alpha value is -2.57. The van der Waals surface area contributed by atoms with E-state index < -0.39 is 0 Å². The predicted molar refractivity (Wildman–Crippen MR) is 112 cm³/mol. The number of guanidine groups is 1. The van der Waals surface area contributed by atoms with Crippen LogP contribution in [-0.4, -0.2) is 46.0 Å². The number of benzene rings is 1. The predicted octanol–water partition coefficient (Wildman–Crippen LogP) is 2.49. The van der Waals surface area contributed by atoms with Gasteiger partial charge in [0, 0.05) is 25.4 Å². The lowest BCUT2D eigenvalue weighted by Crippen LogP contribution is -2.47. The van der Waals surface area contributed by atoms with Crippen LogP contribution in [-0.2, 0) is 19.4 Å². The van der Waals surface area contributed by atoms with E-state index in [4.69, 9.17) is 9.73 Å². The Labute approximate surface area is 167 Å². The summed E-state index contributed by atoms with van der Waals surface area (Å²) >= 11 is 0. The zero-order chi connectivity index (χ0) is 19.9. The van der Waals surface area contributed by atoms with E-state index in [1.54, 1.807) is 0 Å². The van der Waals surface area contributed by atoms with E-state index in [9.17, 15) is 0 Å². The van der Waals surface area contributed by atoms with Crippen molar-refractivity contribution < 1.29 is 4.74 Å². The van der Waals surface area contributed by atoms with Crippen molar-refractivity contribution in [2.45, 2.75) is 65.6 Å². The third-order valence-corrected chi connectivity index (χ3v) is 4.74. The molecule has 1 aliphatic rings. The van der Waals surface area contributed by atoms with E-state index in [0.29, 0.717) is 12.6 Å². The van der Waals surface area contributed by atoms with Crippen molar-refractivity contribution in [3.63, 3.8) is 0 Å². The third kappa shape index (κ3) is 5.47. The van der Waals surface area contributed by atoms with E-state index in [2.05, 4.69) is 47.6 Å². The molecule has 3 rings (SSSR count). The van der Waals surface area contributed by atoms with Crippen molar-refractivity contribution in [2.24, 2.45) is 4.99 Å². The van der Waals surface area contributed by atoms with Gasteiger partial charge in [-0.15, -0.1) is 0 Å². The number of hydrogen-bond donors (Lipinski definition) is 2. The molecule has 28 heavy (non-hydrogen) atoms. The molecule has 0 fully saturated rings. The van der Waals surface area contributed by atoms with Crippen LogP contribution in [0, 0.1) is 6.92 Å². The number of aryl methyl sites for hydroxylation is 3. The molecule has 0 aliphatic carbocycles. The Kier molecular flexibility index (Phi) is 6.90. The summed E-state index contributed by atoms with van der Waals surface area (Å²) in [6.45, 7) is 10.5. The minimum Gasteiger partial charge on any atom is -0.489 e. The molecule has 2 aromatic rings. The van der Waals surface area contributed by atoms with Gasteiger partial charge in [0.15, 0.2) is 11.8 Å². The Morgan fingerprint density at radius 1 is 1.39 bits per heavy atom. The lowest BCUT2D eigenvalue weighted by Gasteiger charge is -2.25. The van der Waals surface area contributed by atoms with E-state index in [1.807, 2.05) is 29.8 Å². The number of rotatable bonds is 7. The molecular weight excluding hydrogens is 352 g/mol. The Bertz CT molecular complexity index is 800. The average molecular weight is 385 g/mol. The summed E-state index contributed by atoms with van der Waals surface area (Å²) in [5.41, 5.74) is 1.19. The van der Waals surface area contributed by atoms with Crippen molar-refractivity contribution in [1.82, 2.24) is 25.4 Å². The van der Waals surface area contributed by atoms with Gasteiger partial charge in [0.25, 0.3) is 0 Å². The number of aliphatic imine (C=N–C) groups is 1. The van der Waals surface area contributed by atoms with Gasteiger partial charge in [0.2, 0.25) is 0 Å². The molecule has 1 aromatic carbocycles. The number of fused-ring (bicyclic) bond motifs is 1. The third-order valence-electron chi connectivity index (χ3n) is 4.74. The molecule has 0 bridgehead atoms. The number of aromatic nitrogens is 3. The summed E-state index contributed by atoms with van der Waals surface area (Å²) in [6.07, 6.45) is 2.84. The molecule has 0 saturated carbocycles.